The lowest BCUT2D eigenvalue weighted by Gasteiger charge is -2.43. The smallest absolute Gasteiger partial charge is 0.246 e. The molecule has 0 saturated carbocycles. The highest BCUT2D eigenvalue weighted by molar-refractivity contribution is 5.33. The molecule has 2 aliphatic rings. The van der Waals surface area contributed by atoms with Gasteiger partial charge in [-0.15, -0.1) is 5.10 Å². The molecule has 3 heterocycles. The third-order valence-electron chi connectivity index (χ3n) is 3.67. The summed E-state index contributed by atoms with van der Waals surface area (Å²) >= 11 is 0. The first-order valence-electron chi connectivity index (χ1n) is 6.39. The second kappa shape index (κ2) is 4.78. The molecule has 3 rings (SSSR count). The maximum absolute atomic E-state index is 5.74. The van der Waals surface area contributed by atoms with Gasteiger partial charge in [-0.2, -0.15) is 5.10 Å². The Kier molecular flexibility index (Phi) is 3.13. The van der Waals surface area contributed by atoms with E-state index in [1.807, 2.05) is 13.8 Å². The van der Waals surface area contributed by atoms with Gasteiger partial charge in [0.25, 0.3) is 0 Å². The molecule has 0 radical (unpaired) electrons. The number of hydrogen-bond acceptors (Lipinski definition) is 6. The van der Waals surface area contributed by atoms with Crippen LogP contribution in [-0.2, 0) is 9.47 Å². The molecular weight excluding hydrogens is 232 g/mol. The summed E-state index contributed by atoms with van der Waals surface area (Å²) in [7, 11) is 0. The first-order chi connectivity index (χ1) is 8.75. The normalized spacial score (nSPS) is 28.0. The number of nitrogens with zero attached hydrogens (tertiary/aromatic N) is 4. The first-order valence-corrected chi connectivity index (χ1v) is 6.39. The van der Waals surface area contributed by atoms with Crippen LogP contribution in [0.5, 0.6) is 0 Å². The number of aryl methyl sites for hydroxylation is 2. The zero-order valence-electron chi connectivity index (χ0n) is 10.8. The molecule has 0 bridgehead atoms. The average molecular weight is 250 g/mol. The van der Waals surface area contributed by atoms with E-state index in [0.717, 1.165) is 36.9 Å². The van der Waals surface area contributed by atoms with Crippen LogP contribution in [0, 0.1) is 13.8 Å². The molecule has 0 aliphatic carbocycles. The van der Waals surface area contributed by atoms with Crippen molar-refractivity contribution in [3.63, 3.8) is 0 Å². The third-order valence-corrected chi connectivity index (χ3v) is 3.67. The summed E-state index contributed by atoms with van der Waals surface area (Å²) in [6, 6.07) is 0.316. The molecule has 1 aromatic heterocycles. The second-order valence-corrected chi connectivity index (χ2v) is 4.82. The zero-order valence-corrected chi connectivity index (χ0v) is 10.8. The van der Waals surface area contributed by atoms with Crippen molar-refractivity contribution < 1.29 is 9.47 Å². The lowest BCUT2D eigenvalue weighted by atomic mass is 10.0. The number of hydrogen-bond donors (Lipinski definition) is 0. The number of rotatable bonds is 1. The van der Waals surface area contributed by atoms with Crippen LogP contribution in [0.4, 0.5) is 5.95 Å². The molecule has 0 N–H and O–H groups in total. The molecule has 98 valence electrons. The van der Waals surface area contributed by atoms with E-state index < -0.39 is 0 Å². The summed E-state index contributed by atoms with van der Waals surface area (Å²) in [6.45, 7) is 6.86. The van der Waals surface area contributed by atoms with E-state index in [1.54, 1.807) is 0 Å². The molecule has 2 fully saturated rings. The number of anilines is 1. The lowest BCUT2D eigenvalue weighted by Crippen LogP contribution is -2.56. The molecule has 0 unspecified atom stereocenters. The van der Waals surface area contributed by atoms with Crippen LogP contribution in [0.2, 0.25) is 0 Å². The van der Waals surface area contributed by atoms with Crippen LogP contribution in [0.1, 0.15) is 17.8 Å². The topological polar surface area (TPSA) is 60.4 Å². The van der Waals surface area contributed by atoms with Crippen LogP contribution in [0.3, 0.4) is 0 Å². The Hall–Kier alpha value is -1.27. The summed E-state index contributed by atoms with van der Waals surface area (Å²) in [6.07, 6.45) is 1.10. The van der Waals surface area contributed by atoms with Gasteiger partial charge in [0.15, 0.2) is 0 Å². The van der Waals surface area contributed by atoms with Gasteiger partial charge in [0.1, 0.15) is 6.10 Å². The van der Waals surface area contributed by atoms with Crippen molar-refractivity contribution in [1.29, 1.82) is 0 Å². The van der Waals surface area contributed by atoms with Gasteiger partial charge in [-0.1, -0.05) is 0 Å². The fraction of sp³-hybridized carbons (Fsp3) is 0.750. The highest BCUT2D eigenvalue weighted by Crippen LogP contribution is 2.24. The van der Waals surface area contributed by atoms with Crippen LogP contribution < -0.4 is 4.90 Å². The van der Waals surface area contributed by atoms with Crippen molar-refractivity contribution in [2.75, 3.05) is 31.3 Å². The maximum atomic E-state index is 5.74. The summed E-state index contributed by atoms with van der Waals surface area (Å²) < 4.78 is 11.2. The van der Waals surface area contributed by atoms with E-state index in [-0.39, 0.29) is 6.10 Å². The molecule has 18 heavy (non-hydrogen) atoms. The van der Waals surface area contributed by atoms with Crippen LogP contribution >= 0.6 is 0 Å². The van der Waals surface area contributed by atoms with Crippen molar-refractivity contribution in [3.05, 3.63) is 11.4 Å². The Morgan fingerprint density at radius 3 is 2.89 bits per heavy atom. The van der Waals surface area contributed by atoms with Gasteiger partial charge in [0.05, 0.1) is 30.6 Å². The molecule has 0 spiro atoms. The third kappa shape index (κ3) is 2.06. The van der Waals surface area contributed by atoms with Gasteiger partial charge < -0.3 is 14.4 Å². The van der Waals surface area contributed by atoms with Crippen molar-refractivity contribution in [2.24, 2.45) is 0 Å². The van der Waals surface area contributed by atoms with Gasteiger partial charge in [-0.05, 0) is 20.3 Å². The predicted molar refractivity (Wildman–Crippen MR) is 65.6 cm³/mol. The van der Waals surface area contributed by atoms with Gasteiger partial charge in [-0.3, -0.25) is 0 Å². The summed E-state index contributed by atoms with van der Waals surface area (Å²) in [5.41, 5.74) is 1.82. The lowest BCUT2D eigenvalue weighted by molar-refractivity contribution is -0.0780. The van der Waals surface area contributed by atoms with Crippen LogP contribution in [-0.4, -0.2) is 53.7 Å². The van der Waals surface area contributed by atoms with Crippen LogP contribution in [0.15, 0.2) is 0 Å². The van der Waals surface area contributed by atoms with E-state index in [4.69, 9.17) is 9.47 Å². The number of fused-ring (bicyclic) bond motifs is 1. The highest BCUT2D eigenvalue weighted by atomic mass is 16.5. The summed E-state index contributed by atoms with van der Waals surface area (Å²) in [4.78, 5) is 6.76. The Bertz CT molecular complexity index is 438. The first kappa shape index (κ1) is 11.8. The van der Waals surface area contributed by atoms with Crippen molar-refractivity contribution >= 4 is 5.95 Å². The fourth-order valence-electron chi connectivity index (χ4n) is 2.50. The largest absolute Gasteiger partial charge is 0.379 e. The number of morpholine rings is 1. The van der Waals surface area contributed by atoms with Gasteiger partial charge >= 0.3 is 0 Å². The molecule has 1 aromatic rings. The van der Waals surface area contributed by atoms with Gasteiger partial charge in [-0.25, -0.2) is 4.98 Å². The maximum Gasteiger partial charge on any atom is 0.246 e. The molecule has 2 saturated heterocycles. The van der Waals surface area contributed by atoms with E-state index in [2.05, 4.69) is 20.1 Å². The standard InChI is InChI=1S/C12H18N4O2/c1-8-9(2)14-15-12(13-8)16-4-6-18-11-7-17-5-3-10(11)16/h10-11H,3-7H2,1-2H3/t10-,11+/m0/s1. The van der Waals surface area contributed by atoms with E-state index in [1.165, 1.54) is 0 Å². The fourth-order valence-corrected chi connectivity index (χ4v) is 2.50. The van der Waals surface area contributed by atoms with Crippen LogP contribution in [0.25, 0.3) is 0 Å². The number of ether oxygens (including phenoxy) is 2. The minimum Gasteiger partial charge on any atom is -0.379 e. The molecular formula is C12H18N4O2. The minimum absolute atomic E-state index is 0.137. The Labute approximate surface area is 106 Å². The van der Waals surface area contributed by atoms with Gasteiger partial charge in [0, 0.05) is 13.2 Å². The highest BCUT2D eigenvalue weighted by Gasteiger charge is 2.36. The van der Waals surface area contributed by atoms with E-state index in [0.29, 0.717) is 19.3 Å². The Morgan fingerprint density at radius 1 is 1.17 bits per heavy atom. The zero-order chi connectivity index (χ0) is 12.5. The predicted octanol–water partition coefficient (Wildman–Crippen LogP) is 0.483. The molecule has 0 aromatic carbocycles. The van der Waals surface area contributed by atoms with Gasteiger partial charge in [0.2, 0.25) is 5.95 Å². The van der Waals surface area contributed by atoms with Crippen molar-refractivity contribution in [2.45, 2.75) is 32.4 Å². The molecule has 6 nitrogen and oxygen atoms in total. The Balaban J connectivity index is 1.87. The van der Waals surface area contributed by atoms with Crippen molar-refractivity contribution in [3.8, 4) is 0 Å². The quantitative estimate of drug-likeness (QED) is 0.722. The van der Waals surface area contributed by atoms with E-state index in [9.17, 15) is 0 Å². The molecule has 2 aliphatic heterocycles. The average Bonchev–Trinajstić information content (AvgIpc) is 2.41. The summed E-state index contributed by atoms with van der Waals surface area (Å²) in [5.74, 6) is 0.721. The molecule has 0 amide bonds. The second-order valence-electron chi connectivity index (χ2n) is 4.82. The monoisotopic (exact) mass is 250 g/mol. The summed E-state index contributed by atoms with van der Waals surface area (Å²) in [5, 5.41) is 8.39. The molecule has 2 atom stereocenters. The Morgan fingerprint density at radius 2 is 2.06 bits per heavy atom. The molecule has 6 heteroatoms. The SMILES string of the molecule is Cc1nnc(N2CCO[C@@H]3COCC[C@@H]32)nc1C. The van der Waals surface area contributed by atoms with E-state index >= 15 is 0 Å². The number of aromatic nitrogens is 3. The van der Waals surface area contributed by atoms with Crippen molar-refractivity contribution in [1.82, 2.24) is 15.2 Å². The minimum atomic E-state index is 0.137.